The molecule has 1 amide bonds. The zero-order chi connectivity index (χ0) is 23.2. The van der Waals surface area contributed by atoms with Crippen LogP contribution in [0.25, 0.3) is 5.57 Å². The fourth-order valence-corrected chi connectivity index (χ4v) is 4.23. The summed E-state index contributed by atoms with van der Waals surface area (Å²) in [5.74, 6) is -0.576. The number of amides is 1. The summed E-state index contributed by atoms with van der Waals surface area (Å²) in [4.78, 5) is 16.4. The molecule has 0 bridgehead atoms. The van der Waals surface area contributed by atoms with Crippen LogP contribution in [-0.4, -0.2) is 32.9 Å². The largest absolute Gasteiger partial charge is 0.417 e. The SMILES string of the molecule is O=C(/C=C(\c1ccccc1)C(F)(F)F)Nc1ccc(S(=O)(=O)NC2=NCCCCC2)cc1. The van der Waals surface area contributed by atoms with Crippen molar-refractivity contribution in [1.29, 1.82) is 0 Å². The number of halogens is 3. The van der Waals surface area contributed by atoms with Crippen LogP contribution in [0.2, 0.25) is 0 Å². The molecule has 0 radical (unpaired) electrons. The van der Waals surface area contributed by atoms with Gasteiger partial charge in [0.25, 0.3) is 10.0 Å². The lowest BCUT2D eigenvalue weighted by Gasteiger charge is -2.12. The molecular weight excluding hydrogens is 443 g/mol. The second-order valence-corrected chi connectivity index (χ2v) is 8.86. The number of nitrogens with one attached hydrogen (secondary N) is 2. The minimum Gasteiger partial charge on any atom is -0.322 e. The molecule has 0 saturated carbocycles. The average molecular weight is 465 g/mol. The van der Waals surface area contributed by atoms with Gasteiger partial charge >= 0.3 is 6.18 Å². The van der Waals surface area contributed by atoms with Gasteiger partial charge in [-0.1, -0.05) is 36.8 Å². The van der Waals surface area contributed by atoms with E-state index >= 15 is 0 Å². The van der Waals surface area contributed by atoms with Crippen molar-refractivity contribution < 1.29 is 26.4 Å². The molecule has 2 aromatic rings. The molecule has 2 N–H and O–H groups in total. The van der Waals surface area contributed by atoms with Crippen molar-refractivity contribution in [3.05, 3.63) is 66.2 Å². The van der Waals surface area contributed by atoms with Crippen LogP contribution >= 0.6 is 0 Å². The highest BCUT2D eigenvalue weighted by Gasteiger charge is 2.35. The van der Waals surface area contributed by atoms with Crippen LogP contribution in [0, 0.1) is 0 Å². The van der Waals surface area contributed by atoms with Gasteiger partial charge in [0.05, 0.1) is 10.5 Å². The van der Waals surface area contributed by atoms with Crippen LogP contribution in [0.3, 0.4) is 0 Å². The van der Waals surface area contributed by atoms with E-state index in [4.69, 9.17) is 0 Å². The number of anilines is 1. The van der Waals surface area contributed by atoms with Gasteiger partial charge in [-0.3, -0.25) is 14.5 Å². The zero-order valence-corrected chi connectivity index (χ0v) is 17.8. The van der Waals surface area contributed by atoms with Crippen LogP contribution in [0.4, 0.5) is 18.9 Å². The van der Waals surface area contributed by atoms with Gasteiger partial charge in [-0.25, -0.2) is 8.42 Å². The lowest BCUT2D eigenvalue weighted by molar-refractivity contribution is -0.112. The second kappa shape index (κ2) is 9.99. The molecule has 2 aromatic carbocycles. The van der Waals surface area contributed by atoms with Crippen molar-refractivity contribution in [1.82, 2.24) is 4.72 Å². The topological polar surface area (TPSA) is 87.6 Å². The Balaban J connectivity index is 1.72. The fourth-order valence-electron chi connectivity index (χ4n) is 3.14. The van der Waals surface area contributed by atoms with E-state index in [1.165, 1.54) is 48.5 Å². The third-order valence-corrected chi connectivity index (χ3v) is 6.12. The Morgan fingerprint density at radius 3 is 2.31 bits per heavy atom. The summed E-state index contributed by atoms with van der Waals surface area (Å²) in [6.07, 6.45) is -0.952. The number of alkyl halides is 3. The van der Waals surface area contributed by atoms with Gasteiger partial charge in [-0.05, 0) is 42.7 Å². The van der Waals surface area contributed by atoms with E-state index in [-0.39, 0.29) is 16.1 Å². The minimum absolute atomic E-state index is 0.0433. The van der Waals surface area contributed by atoms with Crippen molar-refractivity contribution in [2.75, 3.05) is 11.9 Å². The van der Waals surface area contributed by atoms with Gasteiger partial charge in [0.2, 0.25) is 5.91 Å². The molecule has 6 nitrogen and oxygen atoms in total. The highest BCUT2D eigenvalue weighted by Crippen LogP contribution is 2.33. The van der Waals surface area contributed by atoms with Gasteiger partial charge in [-0.15, -0.1) is 0 Å². The standard InChI is InChI=1S/C22H22F3N3O3S/c23-22(24,25)19(16-7-3-1-4-8-16)15-21(29)27-17-10-12-18(13-11-17)32(30,31)28-20-9-5-2-6-14-26-20/h1,3-4,7-8,10-13,15H,2,5-6,9,14H2,(H,26,28)(H,27,29)/b19-15+. The summed E-state index contributed by atoms with van der Waals surface area (Å²) in [5, 5.41) is 2.33. The third kappa shape index (κ3) is 6.43. The first-order chi connectivity index (χ1) is 15.1. The summed E-state index contributed by atoms with van der Waals surface area (Å²) in [6, 6.07) is 12.1. The van der Waals surface area contributed by atoms with Crippen LogP contribution < -0.4 is 10.0 Å². The minimum atomic E-state index is -4.72. The summed E-state index contributed by atoms with van der Waals surface area (Å²) >= 11 is 0. The molecule has 0 aliphatic carbocycles. The Kier molecular flexibility index (Phi) is 7.34. The number of hydrogen-bond acceptors (Lipinski definition) is 4. The monoisotopic (exact) mass is 465 g/mol. The predicted molar refractivity (Wildman–Crippen MR) is 117 cm³/mol. The van der Waals surface area contributed by atoms with Crippen molar-refractivity contribution in [2.45, 2.75) is 36.8 Å². The molecule has 1 aliphatic rings. The maximum atomic E-state index is 13.4. The van der Waals surface area contributed by atoms with Crippen LogP contribution in [0.1, 0.15) is 31.2 Å². The molecule has 0 spiro atoms. The van der Waals surface area contributed by atoms with Gasteiger partial charge in [0, 0.05) is 24.7 Å². The number of aliphatic imine (C=N–C) groups is 1. The molecule has 1 aliphatic heterocycles. The number of rotatable bonds is 5. The molecule has 1 heterocycles. The zero-order valence-electron chi connectivity index (χ0n) is 17.0. The summed E-state index contributed by atoms with van der Waals surface area (Å²) in [5.41, 5.74) is -1.06. The van der Waals surface area contributed by atoms with Crippen LogP contribution in [0.5, 0.6) is 0 Å². The predicted octanol–water partition coefficient (Wildman–Crippen LogP) is 4.52. The summed E-state index contributed by atoms with van der Waals surface area (Å²) < 4.78 is 67.7. The Hall–Kier alpha value is -3.14. The lowest BCUT2D eigenvalue weighted by Crippen LogP contribution is -2.30. The van der Waals surface area contributed by atoms with Crippen molar-refractivity contribution in [2.24, 2.45) is 4.99 Å². The lowest BCUT2D eigenvalue weighted by atomic mass is 10.1. The second-order valence-electron chi connectivity index (χ2n) is 7.18. The number of carbonyl (C=O) groups is 1. The van der Waals surface area contributed by atoms with Crippen molar-refractivity contribution in [3.63, 3.8) is 0 Å². The Labute approximate surface area is 184 Å². The van der Waals surface area contributed by atoms with E-state index in [1.54, 1.807) is 6.07 Å². The smallest absolute Gasteiger partial charge is 0.322 e. The first-order valence-electron chi connectivity index (χ1n) is 9.97. The number of carbonyl (C=O) groups excluding carboxylic acids is 1. The molecule has 3 rings (SSSR count). The molecular formula is C22H22F3N3O3S. The molecule has 10 heteroatoms. The quantitative estimate of drug-likeness (QED) is 0.637. The van der Waals surface area contributed by atoms with Crippen molar-refractivity contribution >= 4 is 33.0 Å². The normalized spacial score (nSPS) is 15.5. The fraction of sp³-hybridized carbons (Fsp3) is 0.273. The maximum Gasteiger partial charge on any atom is 0.417 e. The average Bonchev–Trinajstić information content (AvgIpc) is 3.00. The summed E-state index contributed by atoms with van der Waals surface area (Å²) in [7, 11) is -3.85. The first-order valence-corrected chi connectivity index (χ1v) is 11.4. The number of hydrogen-bond donors (Lipinski definition) is 2. The maximum absolute atomic E-state index is 13.4. The van der Waals surface area contributed by atoms with E-state index in [0.29, 0.717) is 24.9 Å². The number of allylic oxidation sites excluding steroid dienone is 1. The Morgan fingerprint density at radius 1 is 0.969 bits per heavy atom. The van der Waals surface area contributed by atoms with Gasteiger partial charge in [0.1, 0.15) is 5.84 Å². The van der Waals surface area contributed by atoms with Crippen molar-refractivity contribution in [3.8, 4) is 0 Å². The van der Waals surface area contributed by atoms with E-state index in [2.05, 4.69) is 15.0 Å². The van der Waals surface area contributed by atoms with E-state index < -0.39 is 27.7 Å². The van der Waals surface area contributed by atoms with E-state index in [9.17, 15) is 26.4 Å². The molecule has 0 saturated heterocycles. The van der Waals surface area contributed by atoms with Gasteiger partial charge < -0.3 is 5.32 Å². The molecule has 170 valence electrons. The molecule has 0 unspecified atom stereocenters. The van der Waals surface area contributed by atoms with E-state index in [0.717, 1.165) is 19.3 Å². The Morgan fingerprint density at radius 2 is 1.66 bits per heavy atom. The summed E-state index contributed by atoms with van der Waals surface area (Å²) in [6.45, 7) is 0.569. The molecule has 0 aromatic heterocycles. The van der Waals surface area contributed by atoms with Gasteiger partial charge in [0.15, 0.2) is 0 Å². The number of sulfonamides is 1. The van der Waals surface area contributed by atoms with Crippen LogP contribution in [-0.2, 0) is 14.8 Å². The molecule has 0 atom stereocenters. The Bertz CT molecular complexity index is 1110. The number of amidine groups is 1. The third-order valence-electron chi connectivity index (χ3n) is 4.72. The highest BCUT2D eigenvalue weighted by atomic mass is 32.2. The van der Waals surface area contributed by atoms with Gasteiger partial charge in [-0.2, -0.15) is 13.2 Å². The number of nitrogens with zero attached hydrogens (tertiary/aromatic N) is 1. The highest BCUT2D eigenvalue weighted by molar-refractivity contribution is 7.90. The van der Waals surface area contributed by atoms with Crippen LogP contribution in [0.15, 0.2) is 70.6 Å². The van der Waals surface area contributed by atoms with E-state index in [1.807, 2.05) is 0 Å². The molecule has 32 heavy (non-hydrogen) atoms. The first kappa shape index (κ1) is 23.5. The molecule has 0 fully saturated rings. The number of benzene rings is 2.